The van der Waals surface area contributed by atoms with Crippen molar-refractivity contribution in [3.63, 3.8) is 0 Å². The zero-order valence-electron chi connectivity index (χ0n) is 13.1. The lowest BCUT2D eigenvalue weighted by Gasteiger charge is -2.12. The number of rotatable bonds is 6. The molecule has 0 spiro atoms. The molecule has 0 aliphatic rings. The maximum Gasteiger partial charge on any atom is 0.253 e. The van der Waals surface area contributed by atoms with Crippen LogP contribution in [-0.4, -0.2) is 33.8 Å². The van der Waals surface area contributed by atoms with Crippen molar-refractivity contribution in [3.05, 3.63) is 34.8 Å². The van der Waals surface area contributed by atoms with E-state index in [9.17, 15) is 9.59 Å². The molecule has 8 heteroatoms. The van der Waals surface area contributed by atoms with Crippen molar-refractivity contribution in [2.75, 3.05) is 11.1 Å². The van der Waals surface area contributed by atoms with Gasteiger partial charge in [-0.15, -0.1) is 10.2 Å². The fourth-order valence-electron chi connectivity index (χ4n) is 1.78. The van der Waals surface area contributed by atoms with E-state index in [1.165, 1.54) is 23.1 Å². The third-order valence-corrected chi connectivity index (χ3v) is 4.67. The molecule has 0 radical (unpaired) electrons. The first kappa shape index (κ1) is 17.4. The van der Waals surface area contributed by atoms with Crippen LogP contribution in [0.1, 0.15) is 29.2 Å². The van der Waals surface area contributed by atoms with Gasteiger partial charge in [-0.3, -0.25) is 9.59 Å². The van der Waals surface area contributed by atoms with E-state index < -0.39 is 0 Å². The Morgan fingerprint density at radius 2 is 2.00 bits per heavy atom. The molecule has 1 aromatic heterocycles. The summed E-state index contributed by atoms with van der Waals surface area (Å²) in [5.41, 5.74) is 0.955. The highest BCUT2D eigenvalue weighted by atomic mass is 32.2. The number of aryl methyl sites for hydroxylation is 1. The van der Waals surface area contributed by atoms with Crippen molar-refractivity contribution >= 4 is 40.6 Å². The zero-order valence-corrected chi connectivity index (χ0v) is 14.8. The Bertz CT molecular complexity index is 700. The minimum Gasteiger partial charge on any atom is -0.350 e. The van der Waals surface area contributed by atoms with Gasteiger partial charge >= 0.3 is 0 Å². The van der Waals surface area contributed by atoms with Gasteiger partial charge in [0, 0.05) is 6.04 Å². The quantitative estimate of drug-likeness (QED) is 0.783. The molecule has 1 aromatic carbocycles. The second kappa shape index (κ2) is 8.07. The first-order valence-electron chi connectivity index (χ1n) is 7.08. The monoisotopic (exact) mass is 350 g/mol. The minimum absolute atomic E-state index is 0.0301. The van der Waals surface area contributed by atoms with Crippen LogP contribution < -0.4 is 10.6 Å². The Balaban J connectivity index is 1.99. The van der Waals surface area contributed by atoms with Crippen LogP contribution in [0.5, 0.6) is 0 Å². The predicted octanol–water partition coefficient (Wildman–Crippen LogP) is 2.72. The molecule has 0 atom stereocenters. The van der Waals surface area contributed by atoms with E-state index in [-0.39, 0.29) is 23.6 Å². The lowest BCUT2D eigenvalue weighted by atomic mass is 10.1. The molecule has 0 saturated carbocycles. The van der Waals surface area contributed by atoms with Crippen molar-refractivity contribution in [2.45, 2.75) is 31.2 Å². The van der Waals surface area contributed by atoms with Crippen LogP contribution in [0.25, 0.3) is 0 Å². The molecule has 122 valence electrons. The number of carbonyl (C=O) groups is 2. The Morgan fingerprint density at radius 1 is 1.26 bits per heavy atom. The fourth-order valence-corrected chi connectivity index (χ4v) is 3.40. The number of thioether (sulfide) groups is 1. The van der Waals surface area contributed by atoms with E-state index in [0.717, 1.165) is 9.35 Å². The number of nitrogens with zero attached hydrogens (tertiary/aromatic N) is 2. The normalized spacial score (nSPS) is 10.6. The topological polar surface area (TPSA) is 84.0 Å². The molecule has 2 amide bonds. The number of hydrogen-bond donors (Lipinski definition) is 2. The third kappa shape index (κ3) is 5.33. The summed E-state index contributed by atoms with van der Waals surface area (Å²) in [6.45, 7) is 5.64. The van der Waals surface area contributed by atoms with Crippen LogP contribution in [0.2, 0.25) is 0 Å². The number of para-hydroxylation sites is 1. The Hall–Kier alpha value is -1.93. The SMILES string of the molecule is Cc1nnc(SCC(=O)Nc2ccccc2C(=O)NC(C)C)s1. The number of amides is 2. The number of hydrogen-bond acceptors (Lipinski definition) is 6. The van der Waals surface area contributed by atoms with Crippen molar-refractivity contribution in [1.29, 1.82) is 0 Å². The third-order valence-electron chi connectivity index (χ3n) is 2.70. The van der Waals surface area contributed by atoms with Gasteiger partial charge in [0.05, 0.1) is 17.0 Å². The van der Waals surface area contributed by atoms with E-state index >= 15 is 0 Å². The summed E-state index contributed by atoms with van der Waals surface area (Å²) in [6.07, 6.45) is 0. The fraction of sp³-hybridized carbons (Fsp3) is 0.333. The minimum atomic E-state index is -0.205. The molecular weight excluding hydrogens is 332 g/mol. The first-order chi connectivity index (χ1) is 11.0. The van der Waals surface area contributed by atoms with Crippen molar-refractivity contribution in [1.82, 2.24) is 15.5 Å². The van der Waals surface area contributed by atoms with Crippen molar-refractivity contribution < 1.29 is 9.59 Å². The number of anilines is 1. The average Bonchev–Trinajstić information content (AvgIpc) is 2.90. The van der Waals surface area contributed by atoms with E-state index in [2.05, 4.69) is 20.8 Å². The number of aromatic nitrogens is 2. The lowest BCUT2D eigenvalue weighted by Crippen LogP contribution is -2.31. The molecule has 0 unspecified atom stereocenters. The van der Waals surface area contributed by atoms with Gasteiger partial charge in [-0.25, -0.2) is 0 Å². The van der Waals surface area contributed by atoms with E-state index in [4.69, 9.17) is 0 Å². The Morgan fingerprint density at radius 3 is 2.65 bits per heavy atom. The number of nitrogens with one attached hydrogen (secondary N) is 2. The molecule has 23 heavy (non-hydrogen) atoms. The highest BCUT2D eigenvalue weighted by Gasteiger charge is 2.14. The van der Waals surface area contributed by atoms with Gasteiger partial charge in [-0.05, 0) is 32.9 Å². The van der Waals surface area contributed by atoms with Gasteiger partial charge < -0.3 is 10.6 Å². The maximum absolute atomic E-state index is 12.2. The second-order valence-electron chi connectivity index (χ2n) is 5.10. The zero-order chi connectivity index (χ0) is 16.8. The van der Waals surface area contributed by atoms with Crippen LogP contribution in [0.4, 0.5) is 5.69 Å². The average molecular weight is 350 g/mol. The molecular formula is C15H18N4O2S2. The van der Waals surface area contributed by atoms with Gasteiger partial charge in [0.2, 0.25) is 5.91 Å². The van der Waals surface area contributed by atoms with Crippen molar-refractivity contribution in [3.8, 4) is 0 Å². The number of benzene rings is 1. The van der Waals surface area contributed by atoms with Gasteiger partial charge in [0.15, 0.2) is 4.34 Å². The lowest BCUT2D eigenvalue weighted by molar-refractivity contribution is -0.113. The molecule has 2 N–H and O–H groups in total. The van der Waals surface area contributed by atoms with E-state index in [1.54, 1.807) is 24.3 Å². The highest BCUT2D eigenvalue weighted by Crippen LogP contribution is 2.22. The molecule has 2 aromatic rings. The van der Waals surface area contributed by atoms with E-state index in [1.807, 2.05) is 20.8 Å². The molecule has 2 rings (SSSR count). The Kier molecular flexibility index (Phi) is 6.12. The van der Waals surface area contributed by atoms with Crippen LogP contribution >= 0.6 is 23.1 Å². The molecule has 0 saturated heterocycles. The first-order valence-corrected chi connectivity index (χ1v) is 8.88. The number of carbonyl (C=O) groups excluding carboxylic acids is 2. The summed E-state index contributed by atoms with van der Waals surface area (Å²) in [6, 6.07) is 6.98. The molecule has 0 bridgehead atoms. The summed E-state index contributed by atoms with van der Waals surface area (Å²) in [5, 5.41) is 14.3. The molecule has 1 heterocycles. The summed E-state index contributed by atoms with van der Waals surface area (Å²) < 4.78 is 0.753. The largest absolute Gasteiger partial charge is 0.350 e. The van der Waals surface area contributed by atoms with Crippen LogP contribution in [0.15, 0.2) is 28.6 Å². The van der Waals surface area contributed by atoms with Crippen LogP contribution in [0, 0.1) is 6.92 Å². The molecule has 0 fully saturated rings. The molecule has 0 aliphatic carbocycles. The van der Waals surface area contributed by atoms with Gasteiger partial charge in [-0.1, -0.05) is 35.2 Å². The highest BCUT2D eigenvalue weighted by molar-refractivity contribution is 8.01. The van der Waals surface area contributed by atoms with Gasteiger partial charge in [-0.2, -0.15) is 0 Å². The van der Waals surface area contributed by atoms with E-state index in [0.29, 0.717) is 11.3 Å². The maximum atomic E-state index is 12.2. The summed E-state index contributed by atoms with van der Waals surface area (Å²) in [7, 11) is 0. The predicted molar refractivity (Wildman–Crippen MR) is 93.0 cm³/mol. The smallest absolute Gasteiger partial charge is 0.253 e. The van der Waals surface area contributed by atoms with Gasteiger partial charge in [0.1, 0.15) is 5.01 Å². The summed E-state index contributed by atoms with van der Waals surface area (Å²) >= 11 is 2.77. The second-order valence-corrected chi connectivity index (χ2v) is 7.50. The van der Waals surface area contributed by atoms with Crippen LogP contribution in [-0.2, 0) is 4.79 Å². The standard InChI is InChI=1S/C15H18N4O2S2/c1-9(2)16-14(21)11-6-4-5-7-12(11)17-13(20)8-22-15-19-18-10(3)23-15/h4-7,9H,8H2,1-3H3,(H,16,21)(H,17,20). The van der Waals surface area contributed by atoms with Crippen LogP contribution in [0.3, 0.4) is 0 Å². The summed E-state index contributed by atoms with van der Waals surface area (Å²) in [5.74, 6) is -0.176. The molecule has 0 aliphatic heterocycles. The Labute approximate surface area is 143 Å². The van der Waals surface area contributed by atoms with Crippen molar-refractivity contribution in [2.24, 2.45) is 0 Å². The summed E-state index contributed by atoms with van der Waals surface area (Å²) in [4.78, 5) is 24.2. The van der Waals surface area contributed by atoms with Gasteiger partial charge in [0.25, 0.3) is 5.91 Å². The molecule has 6 nitrogen and oxygen atoms in total.